The Balaban J connectivity index is 1.64. The van der Waals surface area contributed by atoms with Crippen LogP contribution < -0.4 is 9.64 Å². The van der Waals surface area contributed by atoms with Crippen LogP contribution in [0.25, 0.3) is 16.0 Å². The summed E-state index contributed by atoms with van der Waals surface area (Å²) in [4.78, 5) is 36.7. The molecule has 8 heteroatoms. The van der Waals surface area contributed by atoms with E-state index in [0.717, 1.165) is 22.2 Å². The highest BCUT2D eigenvalue weighted by atomic mass is 32.1. The van der Waals surface area contributed by atoms with Crippen molar-refractivity contribution in [3.05, 3.63) is 89.3 Å². The standard InChI is InChI=1S/C27H23N3O4S/c1-3-14-34-19-7-5-18(6-8-19)24(31)22-23(17-10-12-28-13-11-17)30(26(33)25(22)32)27-29-20-9-4-16(2)15-21(20)35-27/h4-13,15,23,31H,3,14H2,1-2H3/b24-22+. The summed E-state index contributed by atoms with van der Waals surface area (Å²) in [5.74, 6) is -1.07. The average molecular weight is 486 g/mol. The van der Waals surface area contributed by atoms with Gasteiger partial charge in [0.25, 0.3) is 5.78 Å². The highest BCUT2D eigenvalue weighted by Crippen LogP contribution is 2.44. The molecule has 4 aromatic rings. The molecular weight excluding hydrogens is 462 g/mol. The number of fused-ring (bicyclic) bond motifs is 1. The van der Waals surface area contributed by atoms with Crippen LogP contribution in [0.1, 0.15) is 36.1 Å². The van der Waals surface area contributed by atoms with Gasteiger partial charge in [0.1, 0.15) is 11.5 Å². The van der Waals surface area contributed by atoms with E-state index in [2.05, 4.69) is 9.97 Å². The summed E-state index contributed by atoms with van der Waals surface area (Å²) >= 11 is 1.34. The molecule has 0 aliphatic carbocycles. The molecule has 1 atom stereocenters. The van der Waals surface area contributed by atoms with Crippen LogP contribution in [0.15, 0.2) is 72.6 Å². The van der Waals surface area contributed by atoms with E-state index in [1.165, 1.54) is 16.2 Å². The lowest BCUT2D eigenvalue weighted by molar-refractivity contribution is -0.132. The first-order valence-electron chi connectivity index (χ1n) is 11.3. The lowest BCUT2D eigenvalue weighted by atomic mass is 9.96. The highest BCUT2D eigenvalue weighted by molar-refractivity contribution is 7.22. The van der Waals surface area contributed by atoms with Crippen molar-refractivity contribution < 1.29 is 19.4 Å². The van der Waals surface area contributed by atoms with Crippen molar-refractivity contribution in [3.63, 3.8) is 0 Å². The number of Topliss-reactive ketones (excluding diaryl/α,β-unsaturated/α-hetero) is 1. The summed E-state index contributed by atoms with van der Waals surface area (Å²) in [6, 6.07) is 15.3. The highest BCUT2D eigenvalue weighted by Gasteiger charge is 2.48. The van der Waals surface area contributed by atoms with Crippen molar-refractivity contribution in [1.82, 2.24) is 9.97 Å². The van der Waals surface area contributed by atoms with Crippen LogP contribution >= 0.6 is 11.3 Å². The summed E-state index contributed by atoms with van der Waals surface area (Å²) in [5, 5.41) is 11.7. The minimum absolute atomic E-state index is 0.0128. The molecule has 2 aromatic carbocycles. The Hall–Kier alpha value is -4.04. The first-order chi connectivity index (χ1) is 17.0. The number of aromatic nitrogens is 2. The van der Waals surface area contributed by atoms with Gasteiger partial charge in [-0.2, -0.15) is 0 Å². The SMILES string of the molecule is CCCOc1ccc(/C(O)=C2\C(=O)C(=O)N(c3nc4ccc(C)cc4s3)C2c2ccncc2)cc1. The van der Waals surface area contributed by atoms with Crippen LogP contribution in [-0.2, 0) is 9.59 Å². The molecule has 2 aromatic heterocycles. The molecule has 176 valence electrons. The number of pyridine rings is 1. The number of carbonyl (C=O) groups excluding carboxylic acids is 2. The normalized spacial score (nSPS) is 17.3. The van der Waals surface area contributed by atoms with Gasteiger partial charge in [-0.05, 0) is 73.0 Å². The minimum atomic E-state index is -0.837. The zero-order valence-corrected chi connectivity index (χ0v) is 20.1. The number of anilines is 1. The maximum Gasteiger partial charge on any atom is 0.301 e. The predicted octanol–water partition coefficient (Wildman–Crippen LogP) is 5.41. The molecule has 0 radical (unpaired) electrons. The third-order valence-corrected chi connectivity index (χ3v) is 6.82. The van der Waals surface area contributed by atoms with E-state index in [4.69, 9.17) is 4.74 Å². The summed E-state index contributed by atoms with van der Waals surface area (Å²) in [6.07, 6.45) is 4.07. The average Bonchev–Trinajstić information content (AvgIpc) is 3.40. The molecule has 1 aliphatic heterocycles. The number of hydrogen-bond acceptors (Lipinski definition) is 7. The molecule has 0 bridgehead atoms. The van der Waals surface area contributed by atoms with E-state index in [1.54, 1.807) is 48.8 Å². The monoisotopic (exact) mass is 485 g/mol. The number of aliphatic hydroxyl groups excluding tert-OH is 1. The maximum absolute atomic E-state index is 13.3. The van der Waals surface area contributed by atoms with Gasteiger partial charge < -0.3 is 9.84 Å². The number of carbonyl (C=O) groups is 2. The molecule has 1 amide bonds. The van der Waals surface area contributed by atoms with Crippen LogP contribution in [0.2, 0.25) is 0 Å². The zero-order valence-electron chi connectivity index (χ0n) is 19.3. The first-order valence-corrected chi connectivity index (χ1v) is 12.1. The molecular formula is C27H23N3O4S. The smallest absolute Gasteiger partial charge is 0.301 e. The van der Waals surface area contributed by atoms with Gasteiger partial charge in [-0.1, -0.05) is 24.3 Å². The fraction of sp³-hybridized carbons (Fsp3) is 0.185. The second-order valence-electron chi connectivity index (χ2n) is 8.29. The van der Waals surface area contributed by atoms with Gasteiger partial charge in [0.2, 0.25) is 0 Å². The molecule has 1 aliphatic rings. The second kappa shape index (κ2) is 9.31. The Bertz CT molecular complexity index is 1440. The Morgan fingerprint density at radius 2 is 1.83 bits per heavy atom. The van der Waals surface area contributed by atoms with Gasteiger partial charge >= 0.3 is 5.91 Å². The van der Waals surface area contributed by atoms with Crippen molar-refractivity contribution in [3.8, 4) is 5.75 Å². The number of hydrogen-bond donors (Lipinski definition) is 1. The fourth-order valence-electron chi connectivity index (χ4n) is 4.10. The van der Waals surface area contributed by atoms with E-state index in [-0.39, 0.29) is 11.3 Å². The topological polar surface area (TPSA) is 92.6 Å². The third-order valence-electron chi connectivity index (χ3n) is 5.81. The van der Waals surface area contributed by atoms with Crippen molar-refractivity contribution >= 4 is 44.1 Å². The molecule has 1 unspecified atom stereocenters. The molecule has 0 saturated carbocycles. The maximum atomic E-state index is 13.3. The number of thiazole rings is 1. The number of aryl methyl sites for hydroxylation is 1. The van der Waals surface area contributed by atoms with Crippen molar-refractivity contribution in [1.29, 1.82) is 0 Å². The van der Waals surface area contributed by atoms with Gasteiger partial charge in [0.15, 0.2) is 5.13 Å². The molecule has 5 rings (SSSR count). The second-order valence-corrected chi connectivity index (χ2v) is 9.30. The summed E-state index contributed by atoms with van der Waals surface area (Å²) in [7, 11) is 0. The Kier molecular flexibility index (Phi) is 6.05. The van der Waals surface area contributed by atoms with Crippen LogP contribution in [0.3, 0.4) is 0 Å². The first kappa shape index (κ1) is 22.7. The Morgan fingerprint density at radius 1 is 1.09 bits per heavy atom. The van der Waals surface area contributed by atoms with Crippen LogP contribution in [0.4, 0.5) is 5.13 Å². The van der Waals surface area contributed by atoms with Gasteiger partial charge in [-0.15, -0.1) is 0 Å². The predicted molar refractivity (Wildman–Crippen MR) is 136 cm³/mol. The Labute approximate surface area is 206 Å². The zero-order chi connectivity index (χ0) is 24.5. The summed E-state index contributed by atoms with van der Waals surface area (Å²) in [5.41, 5.74) is 2.91. The molecule has 0 spiro atoms. The number of benzene rings is 2. The van der Waals surface area contributed by atoms with Crippen molar-refractivity contribution in [2.75, 3.05) is 11.5 Å². The summed E-state index contributed by atoms with van der Waals surface area (Å²) < 4.78 is 6.53. The number of ether oxygens (including phenoxy) is 1. The summed E-state index contributed by atoms with van der Waals surface area (Å²) in [6.45, 7) is 4.59. The largest absolute Gasteiger partial charge is 0.507 e. The van der Waals surface area contributed by atoms with Crippen LogP contribution in [-0.4, -0.2) is 33.4 Å². The van der Waals surface area contributed by atoms with Crippen molar-refractivity contribution in [2.45, 2.75) is 26.3 Å². The number of amides is 1. The molecule has 7 nitrogen and oxygen atoms in total. The van der Waals surface area contributed by atoms with Crippen molar-refractivity contribution in [2.24, 2.45) is 0 Å². The lowest BCUT2D eigenvalue weighted by Crippen LogP contribution is -2.29. The molecule has 1 saturated heterocycles. The number of rotatable bonds is 6. The van der Waals surface area contributed by atoms with E-state index in [9.17, 15) is 14.7 Å². The van der Waals surface area contributed by atoms with E-state index in [0.29, 0.717) is 28.6 Å². The quantitative estimate of drug-likeness (QED) is 0.223. The van der Waals surface area contributed by atoms with Gasteiger partial charge in [0.05, 0.1) is 28.4 Å². The molecule has 3 heterocycles. The molecule has 35 heavy (non-hydrogen) atoms. The molecule has 1 fully saturated rings. The molecule has 1 N–H and O–H groups in total. The van der Waals surface area contributed by atoms with E-state index >= 15 is 0 Å². The van der Waals surface area contributed by atoms with Gasteiger partial charge in [-0.25, -0.2) is 4.98 Å². The van der Waals surface area contributed by atoms with E-state index in [1.807, 2.05) is 32.0 Å². The van der Waals surface area contributed by atoms with Gasteiger partial charge in [-0.3, -0.25) is 19.5 Å². The number of aliphatic hydroxyl groups is 1. The van der Waals surface area contributed by atoms with Crippen LogP contribution in [0, 0.1) is 6.92 Å². The lowest BCUT2D eigenvalue weighted by Gasteiger charge is -2.22. The fourth-order valence-corrected chi connectivity index (χ4v) is 5.19. The number of nitrogens with zero attached hydrogens (tertiary/aromatic N) is 3. The van der Waals surface area contributed by atoms with Gasteiger partial charge in [0, 0.05) is 18.0 Å². The van der Waals surface area contributed by atoms with Crippen LogP contribution in [0.5, 0.6) is 5.75 Å². The third kappa shape index (κ3) is 4.17. The van der Waals surface area contributed by atoms with E-state index < -0.39 is 17.7 Å². The Morgan fingerprint density at radius 3 is 2.54 bits per heavy atom. The number of ketones is 1. The minimum Gasteiger partial charge on any atom is -0.507 e.